The highest BCUT2D eigenvalue weighted by Gasteiger charge is 2.49. The normalized spacial score (nSPS) is 30.5. The van der Waals surface area contributed by atoms with Crippen molar-refractivity contribution in [1.29, 1.82) is 0 Å². The smallest absolute Gasteiger partial charge is 0.245 e. The predicted octanol–water partition coefficient (Wildman–Crippen LogP) is 1.62. The van der Waals surface area contributed by atoms with E-state index in [0.29, 0.717) is 5.84 Å². The number of hydrogen-bond acceptors (Lipinski definition) is 8. The third kappa shape index (κ3) is 3.79. The molecule has 5 N–H and O–H groups in total. The monoisotopic (exact) mass is 492 g/mol. The summed E-state index contributed by atoms with van der Waals surface area (Å²) in [6.07, 6.45) is 13.8. The van der Waals surface area contributed by atoms with Crippen LogP contribution >= 0.6 is 0 Å². The first-order valence-electron chi connectivity index (χ1n) is 11.8. The highest BCUT2D eigenvalue weighted by molar-refractivity contribution is 7.89. The van der Waals surface area contributed by atoms with Gasteiger partial charge in [0.05, 0.1) is 11.4 Å². The molecule has 6 heterocycles. The Morgan fingerprint density at radius 1 is 1.14 bits per heavy atom. The number of aliphatic imine (C=N–C) groups is 1. The molecule has 0 amide bonds. The van der Waals surface area contributed by atoms with E-state index in [4.69, 9.17) is 10.7 Å². The minimum Gasteiger partial charge on any atom is -0.384 e. The average molecular weight is 493 g/mol. The van der Waals surface area contributed by atoms with Gasteiger partial charge in [0, 0.05) is 54.1 Å². The van der Waals surface area contributed by atoms with Gasteiger partial charge in [-0.15, -0.1) is 0 Å². The fourth-order valence-corrected chi connectivity index (χ4v) is 7.74. The van der Waals surface area contributed by atoms with Crippen LogP contribution in [0.5, 0.6) is 0 Å². The topological polar surface area (TPSA) is 141 Å². The lowest BCUT2D eigenvalue weighted by atomic mass is 9.89. The van der Waals surface area contributed by atoms with Gasteiger partial charge in [-0.3, -0.25) is 15.4 Å². The van der Waals surface area contributed by atoms with Gasteiger partial charge in [-0.05, 0) is 56.9 Å². The molecular weight excluding hydrogens is 464 g/mol. The van der Waals surface area contributed by atoms with Gasteiger partial charge in [-0.2, -0.15) is 9.40 Å². The minimum absolute atomic E-state index is 0.0506. The summed E-state index contributed by atoms with van der Waals surface area (Å²) >= 11 is 0. The molecule has 2 aromatic rings. The van der Waals surface area contributed by atoms with Crippen molar-refractivity contribution in [2.75, 3.05) is 0 Å². The Balaban J connectivity index is 1.24. The van der Waals surface area contributed by atoms with Gasteiger partial charge < -0.3 is 11.1 Å². The third-order valence-electron chi connectivity index (χ3n) is 7.30. The number of piperidine rings is 1. The molecule has 0 aliphatic carbocycles. The summed E-state index contributed by atoms with van der Waals surface area (Å²) in [4.78, 5) is 9.05. The molecule has 0 radical (unpaired) electrons. The van der Waals surface area contributed by atoms with Gasteiger partial charge >= 0.3 is 0 Å². The maximum Gasteiger partial charge on any atom is 0.245 e. The molecule has 0 aromatic carbocycles. The van der Waals surface area contributed by atoms with E-state index in [2.05, 4.69) is 31.9 Å². The first-order chi connectivity index (χ1) is 16.8. The van der Waals surface area contributed by atoms with Crippen molar-refractivity contribution in [2.45, 2.75) is 61.3 Å². The highest BCUT2D eigenvalue weighted by atomic mass is 32.2. The van der Waals surface area contributed by atoms with E-state index in [1.54, 1.807) is 28.8 Å². The van der Waals surface area contributed by atoms with Gasteiger partial charge in [0.1, 0.15) is 16.4 Å². The van der Waals surface area contributed by atoms with E-state index in [9.17, 15) is 8.42 Å². The average Bonchev–Trinajstić information content (AvgIpc) is 3.46. The molecule has 2 aromatic heterocycles. The second kappa shape index (κ2) is 8.14. The number of nitrogens with one attached hydrogen (secondary N) is 3. The second-order valence-corrected chi connectivity index (χ2v) is 11.5. The number of amidine groups is 1. The van der Waals surface area contributed by atoms with Crippen LogP contribution in [-0.2, 0) is 10.0 Å². The van der Waals surface area contributed by atoms with Gasteiger partial charge in [-0.1, -0.05) is 6.08 Å². The zero-order valence-electron chi connectivity index (χ0n) is 19.3. The van der Waals surface area contributed by atoms with Crippen LogP contribution in [0.25, 0.3) is 5.70 Å². The Hall–Kier alpha value is -3.28. The maximum absolute atomic E-state index is 13.4. The lowest BCUT2D eigenvalue weighted by Crippen LogP contribution is -2.57. The van der Waals surface area contributed by atoms with E-state index in [0.717, 1.165) is 48.3 Å². The van der Waals surface area contributed by atoms with Crippen LogP contribution in [-0.4, -0.2) is 57.5 Å². The molecule has 35 heavy (non-hydrogen) atoms. The number of sulfonamides is 1. The molecule has 2 saturated heterocycles. The Morgan fingerprint density at radius 2 is 1.94 bits per heavy atom. The number of dihydropyridines is 2. The summed E-state index contributed by atoms with van der Waals surface area (Å²) in [6, 6.07) is 5.19. The SMILES string of the molecule is CC1(NC2C[C@H]3CC[C@@H](C2)N3S(=O)(=O)c2cccnc2)N=C(N)C=C2NC(c3ccn[nH]3)=CC=C21. The fraction of sp³-hybridized carbons (Fsp3) is 0.375. The molecule has 4 aliphatic rings. The molecule has 2 bridgehead atoms. The summed E-state index contributed by atoms with van der Waals surface area (Å²) in [6.45, 7) is 2.02. The van der Waals surface area contributed by atoms with E-state index in [1.165, 1.54) is 6.20 Å². The molecule has 2 unspecified atom stereocenters. The van der Waals surface area contributed by atoms with Gasteiger partial charge in [0.2, 0.25) is 10.0 Å². The van der Waals surface area contributed by atoms with Crippen molar-refractivity contribution >= 4 is 21.6 Å². The minimum atomic E-state index is -3.58. The molecule has 10 nitrogen and oxygen atoms in total. The zero-order valence-corrected chi connectivity index (χ0v) is 20.2. The number of hydrogen-bond donors (Lipinski definition) is 4. The van der Waals surface area contributed by atoms with Crippen LogP contribution in [0.2, 0.25) is 0 Å². The largest absolute Gasteiger partial charge is 0.384 e. The van der Waals surface area contributed by atoms with Crippen molar-refractivity contribution < 1.29 is 8.42 Å². The number of nitrogens with zero attached hydrogens (tertiary/aromatic N) is 4. The van der Waals surface area contributed by atoms with Crippen LogP contribution in [0.3, 0.4) is 0 Å². The van der Waals surface area contributed by atoms with Gasteiger partial charge in [0.15, 0.2) is 0 Å². The number of H-pyrrole nitrogens is 1. The molecule has 4 aliphatic heterocycles. The Morgan fingerprint density at radius 3 is 2.63 bits per heavy atom. The van der Waals surface area contributed by atoms with Crippen LogP contribution in [0.1, 0.15) is 38.3 Å². The molecular formula is C24H28N8O2S. The van der Waals surface area contributed by atoms with E-state index >= 15 is 0 Å². The number of allylic oxidation sites excluding steroid dienone is 2. The molecule has 0 spiro atoms. The fourth-order valence-electron chi connectivity index (χ4n) is 5.88. The molecule has 6 rings (SSSR count). The number of fused-ring (bicyclic) bond motifs is 3. The second-order valence-electron chi connectivity index (χ2n) is 9.64. The number of aromatic amines is 1. The van der Waals surface area contributed by atoms with E-state index in [-0.39, 0.29) is 23.0 Å². The number of nitrogens with two attached hydrogens (primary N) is 1. The lowest BCUT2D eigenvalue weighted by Gasteiger charge is -2.43. The summed E-state index contributed by atoms with van der Waals surface area (Å²) in [7, 11) is -3.58. The highest BCUT2D eigenvalue weighted by Crippen LogP contribution is 2.41. The van der Waals surface area contributed by atoms with Crippen LogP contribution in [0.15, 0.2) is 76.2 Å². The van der Waals surface area contributed by atoms with Crippen molar-refractivity contribution in [2.24, 2.45) is 10.7 Å². The number of aromatic nitrogens is 3. The predicted molar refractivity (Wildman–Crippen MR) is 132 cm³/mol. The van der Waals surface area contributed by atoms with Crippen LogP contribution in [0.4, 0.5) is 0 Å². The van der Waals surface area contributed by atoms with Crippen LogP contribution < -0.4 is 16.4 Å². The quantitative estimate of drug-likeness (QED) is 0.497. The summed E-state index contributed by atoms with van der Waals surface area (Å²) in [5, 5.41) is 14.2. The van der Waals surface area contributed by atoms with Crippen molar-refractivity contribution in [1.82, 2.24) is 30.1 Å². The number of rotatable bonds is 5. The summed E-state index contributed by atoms with van der Waals surface area (Å²) in [5.74, 6) is 0.435. The maximum atomic E-state index is 13.4. The van der Waals surface area contributed by atoms with Crippen molar-refractivity contribution in [3.63, 3.8) is 0 Å². The molecule has 4 atom stereocenters. The third-order valence-corrected chi connectivity index (χ3v) is 9.29. The lowest BCUT2D eigenvalue weighted by molar-refractivity contribution is 0.187. The Labute approximate surface area is 204 Å². The first-order valence-corrected chi connectivity index (χ1v) is 13.3. The summed E-state index contributed by atoms with van der Waals surface area (Å²) in [5.41, 5.74) is 9.17. The summed E-state index contributed by atoms with van der Waals surface area (Å²) < 4.78 is 28.4. The van der Waals surface area contributed by atoms with Crippen molar-refractivity contribution in [3.8, 4) is 0 Å². The standard InChI is InChI=1S/C24H28N8O2S/c1-24(19-6-7-20(21-8-10-27-31-21)28-22(19)13-23(25)30-24)29-15-11-16-4-5-17(12-15)32(16)35(33,34)18-3-2-9-26-14-18/h2-3,6-10,13-17,28-29H,4-5,11-12H2,1H3,(H2,25,30)(H,27,31)/t15?,16-,17+,24?. The van der Waals surface area contributed by atoms with Crippen LogP contribution in [0, 0.1) is 0 Å². The molecule has 11 heteroatoms. The van der Waals surface area contributed by atoms with E-state index < -0.39 is 15.7 Å². The van der Waals surface area contributed by atoms with Gasteiger partial charge in [-0.25, -0.2) is 13.4 Å². The Kier molecular flexibility index (Phi) is 5.17. The van der Waals surface area contributed by atoms with E-state index in [1.807, 2.05) is 25.1 Å². The molecule has 2 fully saturated rings. The first kappa shape index (κ1) is 22.2. The Bertz CT molecular complexity index is 1350. The molecule has 182 valence electrons. The van der Waals surface area contributed by atoms with Gasteiger partial charge in [0.25, 0.3) is 0 Å². The zero-order chi connectivity index (χ0) is 24.2. The molecule has 0 saturated carbocycles. The number of pyridine rings is 1. The van der Waals surface area contributed by atoms with Crippen molar-refractivity contribution in [3.05, 3.63) is 72.0 Å².